The van der Waals surface area contributed by atoms with Crippen LogP contribution in [-0.4, -0.2) is 16.0 Å². The van der Waals surface area contributed by atoms with E-state index in [0.29, 0.717) is 6.54 Å². The highest BCUT2D eigenvalue weighted by atomic mass is 16.3. The van der Waals surface area contributed by atoms with Crippen molar-refractivity contribution in [1.29, 1.82) is 0 Å². The number of amides is 1. The van der Waals surface area contributed by atoms with Gasteiger partial charge in [-0.25, -0.2) is 0 Å². The zero-order valence-corrected chi connectivity index (χ0v) is 13.5. The molecule has 0 atom stereocenters. The van der Waals surface area contributed by atoms with Crippen molar-refractivity contribution >= 4 is 5.91 Å². The summed E-state index contributed by atoms with van der Waals surface area (Å²) in [5, 5.41) is 3.09. The first kappa shape index (κ1) is 15.4. The van der Waals surface area contributed by atoms with Crippen molar-refractivity contribution in [3.05, 3.63) is 47.2 Å². The Hall–Kier alpha value is -1.97. The number of carbonyl (C=O) groups excluding carboxylic acids is 1. The molecule has 0 fully saturated rings. The van der Waals surface area contributed by atoms with Gasteiger partial charge in [-0.1, -0.05) is 6.92 Å². The zero-order valence-electron chi connectivity index (χ0n) is 13.5. The Kier molecular flexibility index (Phi) is 4.26. The summed E-state index contributed by atoms with van der Waals surface area (Å²) in [5.41, 5.74) is 2.57. The van der Waals surface area contributed by atoms with E-state index >= 15 is 0 Å². The maximum absolute atomic E-state index is 12.5. The van der Waals surface area contributed by atoms with Crippen molar-refractivity contribution in [3.8, 4) is 0 Å². The van der Waals surface area contributed by atoms with Crippen LogP contribution >= 0.6 is 0 Å². The topological polar surface area (TPSA) is 47.2 Å². The first-order valence-electron chi connectivity index (χ1n) is 7.35. The highest BCUT2D eigenvalue weighted by molar-refractivity contribution is 5.96. The predicted octanol–water partition coefficient (Wildman–Crippen LogP) is 3.66. The van der Waals surface area contributed by atoms with Gasteiger partial charge in [-0.2, -0.15) is 0 Å². The molecule has 0 spiro atoms. The lowest BCUT2D eigenvalue weighted by molar-refractivity contribution is 0.0910. The molecule has 0 aromatic carbocycles. The van der Waals surface area contributed by atoms with Crippen LogP contribution in [0, 0.1) is 13.8 Å². The molecule has 0 aliphatic carbocycles. The monoisotopic (exact) mass is 288 g/mol. The van der Waals surface area contributed by atoms with E-state index in [1.165, 1.54) is 0 Å². The summed E-state index contributed by atoms with van der Waals surface area (Å²) in [6.07, 6.45) is 2.56. The summed E-state index contributed by atoms with van der Waals surface area (Å²) in [7, 11) is 0. The van der Waals surface area contributed by atoms with E-state index < -0.39 is 0 Å². The second kappa shape index (κ2) is 5.80. The van der Waals surface area contributed by atoms with Crippen molar-refractivity contribution in [1.82, 2.24) is 9.88 Å². The molecule has 21 heavy (non-hydrogen) atoms. The number of hydrogen-bond donors (Lipinski definition) is 1. The third-order valence-electron chi connectivity index (χ3n) is 4.05. The highest BCUT2D eigenvalue weighted by Gasteiger charge is 2.22. The lowest BCUT2D eigenvalue weighted by atomic mass is 10.0. The molecule has 0 unspecified atom stereocenters. The summed E-state index contributed by atoms with van der Waals surface area (Å²) < 4.78 is 7.50. The Morgan fingerprint density at radius 3 is 2.67 bits per heavy atom. The van der Waals surface area contributed by atoms with Crippen LogP contribution in [0.25, 0.3) is 0 Å². The minimum absolute atomic E-state index is 0.0133. The molecule has 0 aliphatic rings. The van der Waals surface area contributed by atoms with Crippen molar-refractivity contribution < 1.29 is 9.21 Å². The molecule has 0 aliphatic heterocycles. The number of aryl methyl sites for hydroxylation is 1. The van der Waals surface area contributed by atoms with Crippen LogP contribution < -0.4 is 5.32 Å². The van der Waals surface area contributed by atoms with E-state index in [1.54, 1.807) is 6.26 Å². The molecular weight excluding hydrogens is 264 g/mol. The maximum atomic E-state index is 12.5. The number of nitrogens with zero attached hydrogens (tertiary/aromatic N) is 1. The lowest BCUT2D eigenvalue weighted by Gasteiger charge is -2.24. The van der Waals surface area contributed by atoms with Crippen molar-refractivity contribution in [2.24, 2.45) is 0 Å². The van der Waals surface area contributed by atoms with E-state index in [1.807, 2.05) is 45.9 Å². The number of carbonyl (C=O) groups is 1. The minimum Gasteiger partial charge on any atom is -0.467 e. The van der Waals surface area contributed by atoms with Crippen LogP contribution in [0.3, 0.4) is 0 Å². The fraction of sp³-hybridized carbons (Fsp3) is 0.471. The molecular formula is C17H24N2O2. The number of aromatic nitrogens is 1. The third-order valence-corrected chi connectivity index (χ3v) is 4.05. The molecule has 1 amide bonds. The van der Waals surface area contributed by atoms with Crippen molar-refractivity contribution in [2.75, 3.05) is 0 Å². The predicted molar refractivity (Wildman–Crippen MR) is 83.6 cm³/mol. The fourth-order valence-corrected chi connectivity index (χ4v) is 2.30. The molecule has 1 N–H and O–H groups in total. The SMILES string of the molecule is CCC(C)(C)NC(=O)c1cc(C)n(Cc2ccco2)c1C. The van der Waals surface area contributed by atoms with Crippen molar-refractivity contribution in [2.45, 2.75) is 53.1 Å². The second-order valence-electron chi connectivity index (χ2n) is 6.14. The Morgan fingerprint density at radius 1 is 1.38 bits per heavy atom. The number of furan rings is 1. The van der Waals surface area contributed by atoms with Gasteiger partial charge in [0, 0.05) is 16.9 Å². The molecule has 114 valence electrons. The van der Waals surface area contributed by atoms with E-state index in [0.717, 1.165) is 29.1 Å². The number of nitrogens with one attached hydrogen (secondary N) is 1. The smallest absolute Gasteiger partial charge is 0.253 e. The third kappa shape index (κ3) is 3.38. The summed E-state index contributed by atoms with van der Waals surface area (Å²) in [6, 6.07) is 5.76. The maximum Gasteiger partial charge on any atom is 0.253 e. The summed E-state index contributed by atoms with van der Waals surface area (Å²) in [6.45, 7) is 10.8. The molecule has 2 aromatic rings. The van der Waals surface area contributed by atoms with E-state index in [4.69, 9.17) is 4.42 Å². The van der Waals surface area contributed by atoms with E-state index in [-0.39, 0.29) is 11.4 Å². The fourth-order valence-electron chi connectivity index (χ4n) is 2.30. The van der Waals surface area contributed by atoms with Crippen LogP contribution in [0.1, 0.15) is 54.7 Å². The largest absolute Gasteiger partial charge is 0.467 e. The van der Waals surface area contributed by atoms with Gasteiger partial charge in [0.15, 0.2) is 0 Å². The van der Waals surface area contributed by atoms with Gasteiger partial charge < -0.3 is 14.3 Å². The standard InChI is InChI=1S/C17H24N2O2/c1-6-17(4,5)18-16(20)15-10-12(2)19(13(15)3)11-14-8-7-9-21-14/h7-10H,6,11H2,1-5H3,(H,18,20). The highest BCUT2D eigenvalue weighted by Crippen LogP contribution is 2.19. The average molecular weight is 288 g/mol. The van der Waals surface area contributed by atoms with Crippen LogP contribution in [0.5, 0.6) is 0 Å². The molecule has 2 aromatic heterocycles. The Balaban J connectivity index is 2.24. The van der Waals surface area contributed by atoms with Gasteiger partial charge in [-0.15, -0.1) is 0 Å². The van der Waals surface area contributed by atoms with E-state index in [2.05, 4.69) is 16.8 Å². The Bertz CT molecular complexity index is 622. The van der Waals surface area contributed by atoms with E-state index in [9.17, 15) is 4.79 Å². The summed E-state index contributed by atoms with van der Waals surface area (Å²) in [4.78, 5) is 12.5. The molecule has 4 heteroatoms. The lowest BCUT2D eigenvalue weighted by Crippen LogP contribution is -2.42. The molecule has 2 rings (SSSR count). The van der Waals surface area contributed by atoms with Crippen molar-refractivity contribution in [3.63, 3.8) is 0 Å². The molecule has 2 heterocycles. The second-order valence-corrected chi connectivity index (χ2v) is 6.14. The average Bonchev–Trinajstić information content (AvgIpc) is 3.02. The molecule has 0 saturated heterocycles. The Morgan fingerprint density at radius 2 is 2.10 bits per heavy atom. The van der Waals surface area contributed by atoms with Gasteiger partial charge in [-0.3, -0.25) is 4.79 Å². The van der Waals surface area contributed by atoms with Gasteiger partial charge >= 0.3 is 0 Å². The summed E-state index contributed by atoms with van der Waals surface area (Å²) >= 11 is 0. The van der Waals surface area contributed by atoms with Gasteiger partial charge in [0.25, 0.3) is 5.91 Å². The van der Waals surface area contributed by atoms with Gasteiger partial charge in [-0.05, 0) is 52.3 Å². The first-order valence-corrected chi connectivity index (χ1v) is 7.35. The minimum atomic E-state index is -0.194. The quantitative estimate of drug-likeness (QED) is 0.912. The zero-order chi connectivity index (χ0) is 15.6. The molecule has 0 saturated carbocycles. The molecule has 0 radical (unpaired) electrons. The van der Waals surface area contributed by atoms with Gasteiger partial charge in [0.1, 0.15) is 5.76 Å². The number of rotatable bonds is 5. The van der Waals surface area contributed by atoms with Crippen LogP contribution in [0.4, 0.5) is 0 Å². The van der Waals surface area contributed by atoms with Gasteiger partial charge in [0.2, 0.25) is 0 Å². The first-order chi connectivity index (χ1) is 9.84. The van der Waals surface area contributed by atoms with Gasteiger partial charge in [0.05, 0.1) is 18.4 Å². The Labute approximate surface area is 126 Å². The van der Waals surface area contributed by atoms with Crippen LogP contribution in [0.2, 0.25) is 0 Å². The van der Waals surface area contributed by atoms with Crippen LogP contribution in [-0.2, 0) is 6.54 Å². The molecule has 4 nitrogen and oxygen atoms in total. The number of hydrogen-bond acceptors (Lipinski definition) is 2. The van der Waals surface area contributed by atoms with Crippen LogP contribution in [0.15, 0.2) is 28.9 Å². The normalized spacial score (nSPS) is 11.7. The summed E-state index contributed by atoms with van der Waals surface area (Å²) in [5.74, 6) is 0.873. The molecule has 0 bridgehead atoms.